The molecule has 4 aromatic heterocycles. The van der Waals surface area contributed by atoms with Gasteiger partial charge in [0.2, 0.25) is 5.95 Å². The third kappa shape index (κ3) is 15.3. The highest BCUT2D eigenvalue weighted by Crippen LogP contribution is 2.55. The molecule has 78 heavy (non-hydrogen) atoms. The maximum absolute atomic E-state index is 13.3. The van der Waals surface area contributed by atoms with E-state index in [1.54, 1.807) is 13.8 Å². The van der Waals surface area contributed by atoms with E-state index in [9.17, 15) is 48.7 Å². The SMILES string of the molecule is COC1[C@@H](OP(O)(=S)OCCCO)[C@@H](COP(O)(=S)O[C@@H]2C(OC)[C@H](n3cc(C)c(=O)[nH]c3=O)O[C@@H]2COP(O)(=S)O[C@@H]2C[C@H](n3cnc4c(=O)[nH]c(N)nc43)O[C@@H]2COP(O)(=S)OC(C)C)O[C@H]1n1cc(C)c(=O)[nH]c1=O. The van der Waals surface area contributed by atoms with Crippen LogP contribution in [0.3, 0.4) is 0 Å². The molecule has 436 valence electrons. The summed E-state index contributed by atoms with van der Waals surface area (Å²) in [5.41, 5.74) is 2.06. The van der Waals surface area contributed by atoms with Crippen LogP contribution in [0.2, 0.25) is 0 Å². The molecule has 3 saturated heterocycles. The van der Waals surface area contributed by atoms with Gasteiger partial charge in [-0.15, -0.1) is 0 Å². The molecule has 6 unspecified atom stereocenters. The minimum atomic E-state index is -4.63. The third-order valence-electron chi connectivity index (χ3n) is 11.8. The summed E-state index contributed by atoms with van der Waals surface area (Å²) >= 11 is 21.4. The summed E-state index contributed by atoms with van der Waals surface area (Å²) in [7, 11) is 2.43. The number of H-pyrrole nitrogens is 3. The van der Waals surface area contributed by atoms with E-state index >= 15 is 0 Å². The van der Waals surface area contributed by atoms with Gasteiger partial charge in [0.1, 0.15) is 49.0 Å². The Labute approximate surface area is 461 Å². The number of aliphatic hydroxyl groups is 1. The second-order valence-corrected chi connectivity index (χ2v) is 28.9. The van der Waals surface area contributed by atoms with Crippen LogP contribution < -0.4 is 33.8 Å². The second kappa shape index (κ2) is 25.9. The van der Waals surface area contributed by atoms with Crippen molar-refractivity contribution in [2.75, 3.05) is 53.0 Å². The number of nitrogens with one attached hydrogen (secondary N) is 3. The fourth-order valence-electron chi connectivity index (χ4n) is 8.34. The summed E-state index contributed by atoms with van der Waals surface area (Å²) in [6, 6.07) is 0. The topological polar surface area (TPSA) is 420 Å². The number of nitrogens with two attached hydrogens (primary N) is 1. The van der Waals surface area contributed by atoms with Crippen LogP contribution in [0.15, 0.2) is 42.7 Å². The molecular formula is C38H57N9O23P4S4. The van der Waals surface area contributed by atoms with Crippen molar-refractivity contribution < 1.29 is 84.6 Å². The fourth-order valence-corrected chi connectivity index (χ4v) is 14.4. The summed E-state index contributed by atoms with van der Waals surface area (Å²) in [5.74, 6) is -0.220. The maximum Gasteiger partial charge on any atom is 0.330 e. The van der Waals surface area contributed by atoms with Gasteiger partial charge >= 0.3 is 38.3 Å². The lowest BCUT2D eigenvalue weighted by molar-refractivity contribution is -0.0637. The van der Waals surface area contributed by atoms with Gasteiger partial charge in [-0.1, -0.05) is 0 Å². The highest BCUT2D eigenvalue weighted by Gasteiger charge is 2.53. The largest absolute Gasteiger partial charge is 0.396 e. The van der Waals surface area contributed by atoms with Crippen LogP contribution in [-0.4, -0.2) is 165 Å². The average Bonchev–Trinajstić information content (AvgIpc) is 4.18. The number of nitrogen functional groups attached to an aromatic ring is 1. The number of anilines is 1. The Balaban J connectivity index is 1.14. The number of aryl methyl sites for hydroxylation is 2. The number of methoxy groups -OCH3 is 2. The minimum Gasteiger partial charge on any atom is -0.396 e. The molecule has 15 atom stereocenters. The molecule has 0 amide bonds. The summed E-state index contributed by atoms with van der Waals surface area (Å²) in [4.78, 5) is 124. The predicted molar refractivity (Wildman–Crippen MR) is 285 cm³/mol. The van der Waals surface area contributed by atoms with Crippen molar-refractivity contribution in [2.45, 2.75) is 114 Å². The van der Waals surface area contributed by atoms with Crippen LogP contribution in [-0.2, 0) is 107 Å². The van der Waals surface area contributed by atoms with E-state index in [4.69, 9.17) is 113 Å². The van der Waals surface area contributed by atoms with Crippen LogP contribution in [0.5, 0.6) is 0 Å². The first-order chi connectivity index (χ1) is 36.5. The molecule has 0 aromatic carbocycles. The molecule has 4 aromatic rings. The quantitative estimate of drug-likeness (QED) is 0.0281. The van der Waals surface area contributed by atoms with E-state index in [1.165, 1.54) is 51.4 Å². The number of ether oxygens (including phenoxy) is 5. The maximum atomic E-state index is 13.3. The number of aromatic amines is 3. The Morgan fingerprint density at radius 1 is 0.692 bits per heavy atom. The molecule has 3 aliphatic heterocycles. The first-order valence-electron chi connectivity index (χ1n) is 23.2. The molecule has 0 spiro atoms. The zero-order valence-electron chi connectivity index (χ0n) is 41.9. The van der Waals surface area contributed by atoms with Gasteiger partial charge in [0, 0.05) is 50.8 Å². The number of rotatable bonds is 26. The number of imidazole rings is 1. The first-order valence-corrected chi connectivity index (χ1v) is 33.5. The molecule has 40 heteroatoms. The lowest BCUT2D eigenvalue weighted by atomic mass is 10.1. The van der Waals surface area contributed by atoms with Crippen LogP contribution in [0, 0.1) is 13.8 Å². The number of hydrogen-bond acceptors (Lipinski definition) is 26. The average molecular weight is 1260 g/mol. The Morgan fingerprint density at radius 3 is 1.68 bits per heavy atom. The van der Waals surface area contributed by atoms with E-state index in [0.717, 1.165) is 9.13 Å². The predicted octanol–water partition coefficient (Wildman–Crippen LogP) is -0.572. The van der Waals surface area contributed by atoms with Gasteiger partial charge in [-0.25, -0.2) is 14.6 Å². The number of aliphatic hydroxyl groups excluding tert-OH is 1. The van der Waals surface area contributed by atoms with Crippen LogP contribution in [0.25, 0.3) is 11.2 Å². The Bertz CT molecular complexity index is 3310. The van der Waals surface area contributed by atoms with Crippen molar-refractivity contribution in [3.8, 4) is 0 Å². The molecule has 7 rings (SSSR count). The molecule has 10 N–H and O–H groups in total. The number of fused-ring (bicyclic) bond motifs is 1. The monoisotopic (exact) mass is 1260 g/mol. The van der Waals surface area contributed by atoms with E-state index in [0.29, 0.717) is 0 Å². The van der Waals surface area contributed by atoms with Gasteiger partial charge in [-0.2, -0.15) is 4.98 Å². The van der Waals surface area contributed by atoms with Gasteiger partial charge in [0.05, 0.1) is 45.0 Å². The van der Waals surface area contributed by atoms with E-state index in [-0.39, 0.29) is 54.3 Å². The highest BCUT2D eigenvalue weighted by atomic mass is 32.5. The van der Waals surface area contributed by atoms with Crippen molar-refractivity contribution >= 4 is 91.2 Å². The van der Waals surface area contributed by atoms with Gasteiger partial charge in [0.15, 0.2) is 23.6 Å². The van der Waals surface area contributed by atoms with Gasteiger partial charge < -0.3 is 81.2 Å². The smallest absolute Gasteiger partial charge is 0.330 e. The van der Waals surface area contributed by atoms with E-state index in [2.05, 4.69) is 24.9 Å². The van der Waals surface area contributed by atoms with Gasteiger partial charge in [0.25, 0.3) is 16.7 Å². The standard InChI is InChI=1S/C38H57N9O23P4S4/c1-17(2)67-72(55,76)61-13-21-20(10-24(64-21)47-16-40-25-30(47)41-36(39)42-33(25)51)68-73(56,77)62-14-22-27(29(59-6)35(65-22)46-12-19(4)32(50)44-38(46)53)70-74(57,78)63-15-23-26(69-71(54,75)60-9-7-8-48)28(58-5)34(66-23)45-11-18(3)31(49)43-37(45)52/h11-12,16-17,20-24,26-29,34-35,48H,7-10,13-15H2,1-6H3,(H,54,75)(H,55,76)(H,56,77)(H,57,78)(H,43,49,52)(H,44,50,53)(H3,39,41,42,51)/t20-,21-,22-,23-,24-,26+,27+,28?,29?,34-,35-,71?,72?,73?,74?/m1/s1. The normalized spacial score (nSPS) is 28.7. The number of aromatic nitrogens is 8. The molecule has 7 heterocycles. The zero-order chi connectivity index (χ0) is 57.2. The summed E-state index contributed by atoms with van der Waals surface area (Å²) < 4.78 is 79.4. The van der Waals surface area contributed by atoms with Crippen LogP contribution >= 0.6 is 26.9 Å². The molecule has 0 bridgehead atoms. The first kappa shape index (κ1) is 63.0. The van der Waals surface area contributed by atoms with Gasteiger partial charge in [-0.3, -0.25) is 52.1 Å². The van der Waals surface area contributed by atoms with Crippen LogP contribution in [0.1, 0.15) is 56.5 Å². The Kier molecular flexibility index (Phi) is 20.9. The summed E-state index contributed by atoms with van der Waals surface area (Å²) in [6.45, 7) is -13.5. The molecular weight excluding hydrogens is 1200 g/mol. The Hall–Kier alpha value is -2.61. The fraction of sp³-hybridized carbons (Fsp3) is 0.658. The molecule has 0 aliphatic carbocycles. The lowest BCUT2D eigenvalue weighted by Gasteiger charge is -2.29. The van der Waals surface area contributed by atoms with E-state index in [1.807, 2.05) is 0 Å². The lowest BCUT2D eigenvalue weighted by Crippen LogP contribution is -2.41. The Morgan fingerprint density at radius 2 is 1.18 bits per heavy atom. The van der Waals surface area contributed by atoms with Crippen molar-refractivity contribution in [2.24, 2.45) is 0 Å². The van der Waals surface area contributed by atoms with Crippen LogP contribution in [0.4, 0.5) is 5.95 Å². The number of nitrogens with zero attached hydrogens (tertiary/aromatic N) is 5. The van der Waals surface area contributed by atoms with Crippen molar-refractivity contribution in [3.05, 3.63) is 81.9 Å². The zero-order valence-corrected chi connectivity index (χ0v) is 48.8. The summed E-state index contributed by atoms with van der Waals surface area (Å²) in [5, 5.41) is 9.27. The highest BCUT2D eigenvalue weighted by molar-refractivity contribution is 8.08. The van der Waals surface area contributed by atoms with E-state index < -0.39 is 148 Å². The third-order valence-corrected chi connectivity index (χ3v) is 18.3. The van der Waals surface area contributed by atoms with Crippen molar-refractivity contribution in [3.63, 3.8) is 0 Å². The van der Waals surface area contributed by atoms with Gasteiger partial charge in [-0.05, 0) is 81.3 Å². The molecule has 0 saturated carbocycles. The summed E-state index contributed by atoms with van der Waals surface area (Å²) in [6.07, 6.45) is -11.9. The second-order valence-electron chi connectivity index (χ2n) is 17.7. The van der Waals surface area contributed by atoms with Crippen molar-refractivity contribution in [1.82, 2.24) is 38.6 Å². The van der Waals surface area contributed by atoms with Crippen molar-refractivity contribution in [1.29, 1.82) is 0 Å². The molecule has 0 radical (unpaired) electrons. The molecule has 3 aliphatic rings. The molecule has 32 nitrogen and oxygen atoms in total. The number of hydrogen-bond donors (Lipinski definition) is 9. The molecule has 3 fully saturated rings. The minimum absolute atomic E-state index is 0.0311.